The maximum absolute atomic E-state index is 11.9. The number of hydrogen-bond acceptors (Lipinski definition) is 5. The highest BCUT2D eigenvalue weighted by Crippen LogP contribution is 2.23. The second-order valence-corrected chi connectivity index (χ2v) is 5.50. The molecular formula is C15H14N2O4S. The average molecular weight is 318 g/mol. The molecule has 0 heterocycles. The standard InChI is InChI=1S/C15H14N2O4S/c16-9-2-1-3-11(6-9)22-8-14(19)17-10-4-5-13(18)12(7-10)15(20)21/h1-7,18H,8,16H2,(H,17,19)(H,20,21). The number of carbonyl (C=O) groups is 2. The van der Waals surface area contributed by atoms with Gasteiger partial charge >= 0.3 is 5.97 Å². The van der Waals surface area contributed by atoms with Crippen molar-refractivity contribution in [1.82, 2.24) is 0 Å². The van der Waals surface area contributed by atoms with Crippen LogP contribution in [0.4, 0.5) is 11.4 Å². The lowest BCUT2D eigenvalue weighted by Gasteiger charge is -2.07. The van der Waals surface area contributed by atoms with Gasteiger partial charge in [-0.2, -0.15) is 0 Å². The minimum Gasteiger partial charge on any atom is -0.507 e. The molecule has 22 heavy (non-hydrogen) atoms. The molecule has 2 rings (SSSR count). The zero-order chi connectivity index (χ0) is 16.1. The molecule has 0 aromatic heterocycles. The van der Waals surface area contributed by atoms with Crippen LogP contribution in [0.5, 0.6) is 5.75 Å². The molecule has 6 nitrogen and oxygen atoms in total. The van der Waals surface area contributed by atoms with E-state index < -0.39 is 5.97 Å². The fraction of sp³-hybridized carbons (Fsp3) is 0.0667. The highest BCUT2D eigenvalue weighted by atomic mass is 32.2. The van der Waals surface area contributed by atoms with E-state index in [1.165, 1.54) is 30.0 Å². The van der Waals surface area contributed by atoms with Crippen molar-refractivity contribution in [3.63, 3.8) is 0 Å². The summed E-state index contributed by atoms with van der Waals surface area (Å²) in [7, 11) is 0. The number of hydrogen-bond donors (Lipinski definition) is 4. The lowest BCUT2D eigenvalue weighted by Crippen LogP contribution is -2.14. The predicted molar refractivity (Wildman–Crippen MR) is 85.3 cm³/mol. The maximum atomic E-state index is 11.9. The van der Waals surface area contributed by atoms with Crippen molar-refractivity contribution in [2.75, 3.05) is 16.8 Å². The number of anilines is 2. The van der Waals surface area contributed by atoms with Gasteiger partial charge in [0, 0.05) is 16.3 Å². The molecule has 2 aromatic carbocycles. The van der Waals surface area contributed by atoms with Crippen LogP contribution in [0.15, 0.2) is 47.4 Å². The molecule has 0 radical (unpaired) electrons. The smallest absolute Gasteiger partial charge is 0.339 e. The van der Waals surface area contributed by atoms with Crippen molar-refractivity contribution >= 4 is 35.0 Å². The van der Waals surface area contributed by atoms with Crippen molar-refractivity contribution < 1.29 is 19.8 Å². The summed E-state index contributed by atoms with van der Waals surface area (Å²) in [6, 6.07) is 11.0. The molecule has 0 bridgehead atoms. The first-order valence-corrected chi connectivity index (χ1v) is 7.29. The Morgan fingerprint density at radius 1 is 1.18 bits per heavy atom. The number of benzene rings is 2. The van der Waals surface area contributed by atoms with E-state index in [2.05, 4.69) is 5.32 Å². The van der Waals surface area contributed by atoms with Gasteiger partial charge in [-0.15, -0.1) is 11.8 Å². The van der Waals surface area contributed by atoms with Crippen LogP contribution in [0.2, 0.25) is 0 Å². The van der Waals surface area contributed by atoms with Crippen molar-refractivity contribution in [3.8, 4) is 5.75 Å². The summed E-state index contributed by atoms with van der Waals surface area (Å²) >= 11 is 1.32. The number of carboxylic acids is 1. The second kappa shape index (κ2) is 6.86. The molecule has 0 saturated heterocycles. The number of nitrogens with two attached hydrogens (primary N) is 1. The van der Waals surface area contributed by atoms with Gasteiger partial charge in [-0.1, -0.05) is 6.07 Å². The number of nitrogens with one attached hydrogen (secondary N) is 1. The molecule has 0 aliphatic carbocycles. The average Bonchev–Trinajstić information content (AvgIpc) is 2.47. The van der Waals surface area contributed by atoms with Crippen molar-refractivity contribution in [3.05, 3.63) is 48.0 Å². The fourth-order valence-electron chi connectivity index (χ4n) is 1.74. The van der Waals surface area contributed by atoms with Crippen LogP contribution in [-0.4, -0.2) is 27.8 Å². The first-order valence-electron chi connectivity index (χ1n) is 6.30. The summed E-state index contributed by atoms with van der Waals surface area (Å²) in [5, 5.41) is 20.9. The van der Waals surface area contributed by atoms with E-state index in [9.17, 15) is 14.7 Å². The van der Waals surface area contributed by atoms with Gasteiger partial charge in [0.2, 0.25) is 5.91 Å². The van der Waals surface area contributed by atoms with Gasteiger partial charge in [0.15, 0.2) is 0 Å². The summed E-state index contributed by atoms with van der Waals surface area (Å²) < 4.78 is 0. The SMILES string of the molecule is Nc1cccc(SCC(=O)Nc2ccc(O)c(C(=O)O)c2)c1. The van der Waals surface area contributed by atoms with Crippen molar-refractivity contribution in [2.45, 2.75) is 4.90 Å². The molecule has 0 aliphatic heterocycles. The van der Waals surface area contributed by atoms with Crippen LogP contribution in [0.25, 0.3) is 0 Å². The molecule has 114 valence electrons. The molecule has 0 fully saturated rings. The number of amides is 1. The van der Waals surface area contributed by atoms with Gasteiger partial charge in [0.05, 0.1) is 5.75 Å². The number of rotatable bonds is 5. The summed E-state index contributed by atoms with van der Waals surface area (Å²) in [4.78, 5) is 23.6. The van der Waals surface area contributed by atoms with Crippen LogP contribution in [0.1, 0.15) is 10.4 Å². The van der Waals surface area contributed by atoms with Gasteiger partial charge in [-0.25, -0.2) is 4.79 Å². The summed E-state index contributed by atoms with van der Waals surface area (Å²) in [5.41, 5.74) is 6.33. The number of nitrogen functional groups attached to an aromatic ring is 1. The highest BCUT2D eigenvalue weighted by molar-refractivity contribution is 8.00. The Morgan fingerprint density at radius 2 is 1.95 bits per heavy atom. The van der Waals surface area contributed by atoms with E-state index in [1.807, 2.05) is 6.07 Å². The molecule has 0 unspecified atom stereocenters. The molecule has 0 saturated carbocycles. The molecule has 5 N–H and O–H groups in total. The van der Waals surface area contributed by atoms with E-state index in [0.29, 0.717) is 11.4 Å². The topological polar surface area (TPSA) is 113 Å². The number of carboxylic acid groups (broad SMARTS) is 1. The molecule has 0 spiro atoms. The fourth-order valence-corrected chi connectivity index (χ4v) is 2.50. The van der Waals surface area contributed by atoms with Crippen LogP contribution in [0.3, 0.4) is 0 Å². The van der Waals surface area contributed by atoms with Crippen molar-refractivity contribution in [2.24, 2.45) is 0 Å². The Labute approximate surface area is 131 Å². The Bertz CT molecular complexity index is 718. The van der Waals surface area contributed by atoms with Gasteiger partial charge in [-0.3, -0.25) is 4.79 Å². The summed E-state index contributed by atoms with van der Waals surface area (Å²) in [5.74, 6) is -1.73. The monoisotopic (exact) mass is 318 g/mol. The van der Waals surface area contributed by atoms with E-state index in [0.717, 1.165) is 4.90 Å². The van der Waals surface area contributed by atoms with Crippen LogP contribution >= 0.6 is 11.8 Å². The van der Waals surface area contributed by atoms with Gasteiger partial charge in [0.1, 0.15) is 11.3 Å². The molecule has 2 aromatic rings. The number of carbonyl (C=O) groups excluding carboxylic acids is 1. The lowest BCUT2D eigenvalue weighted by molar-refractivity contribution is -0.113. The molecular weight excluding hydrogens is 304 g/mol. The third-order valence-electron chi connectivity index (χ3n) is 2.74. The minimum absolute atomic E-state index is 0.159. The Balaban J connectivity index is 1.97. The molecule has 1 amide bonds. The zero-order valence-corrected chi connectivity index (χ0v) is 12.3. The number of phenols is 1. The maximum Gasteiger partial charge on any atom is 0.339 e. The Morgan fingerprint density at radius 3 is 2.64 bits per heavy atom. The third kappa shape index (κ3) is 4.16. The van der Waals surface area contributed by atoms with Gasteiger partial charge in [-0.05, 0) is 36.4 Å². The van der Waals surface area contributed by atoms with Crippen LogP contribution in [-0.2, 0) is 4.79 Å². The molecule has 0 aliphatic rings. The zero-order valence-electron chi connectivity index (χ0n) is 11.4. The Kier molecular flexibility index (Phi) is 4.90. The normalized spacial score (nSPS) is 10.2. The first kappa shape index (κ1) is 15.7. The van der Waals surface area contributed by atoms with Crippen molar-refractivity contribution in [1.29, 1.82) is 0 Å². The van der Waals surface area contributed by atoms with E-state index in [-0.39, 0.29) is 23.0 Å². The predicted octanol–water partition coefficient (Wildman–Crippen LogP) is 2.40. The molecule has 0 atom stereocenters. The van der Waals surface area contributed by atoms with E-state index >= 15 is 0 Å². The quantitative estimate of drug-likeness (QED) is 0.382. The van der Waals surface area contributed by atoms with Crippen LogP contribution in [0, 0.1) is 0 Å². The van der Waals surface area contributed by atoms with Gasteiger partial charge in [0.25, 0.3) is 0 Å². The number of aromatic carboxylic acids is 1. The molecule has 7 heteroatoms. The third-order valence-corrected chi connectivity index (χ3v) is 3.73. The van der Waals surface area contributed by atoms with Gasteiger partial charge < -0.3 is 21.3 Å². The first-order chi connectivity index (χ1) is 10.5. The minimum atomic E-state index is -1.26. The lowest BCUT2D eigenvalue weighted by atomic mass is 10.2. The highest BCUT2D eigenvalue weighted by Gasteiger charge is 2.11. The van der Waals surface area contributed by atoms with E-state index in [1.54, 1.807) is 18.2 Å². The summed E-state index contributed by atoms with van der Waals surface area (Å²) in [6.45, 7) is 0. The summed E-state index contributed by atoms with van der Waals surface area (Å²) in [6.07, 6.45) is 0. The number of thioether (sulfide) groups is 1. The van der Waals surface area contributed by atoms with E-state index in [4.69, 9.17) is 10.8 Å². The largest absolute Gasteiger partial charge is 0.507 e. The second-order valence-electron chi connectivity index (χ2n) is 4.45. The number of aromatic hydroxyl groups is 1. The Hall–Kier alpha value is -2.67. The van der Waals surface area contributed by atoms with Crippen LogP contribution < -0.4 is 11.1 Å².